The van der Waals surface area contributed by atoms with Crippen LogP contribution in [0, 0.1) is 13.8 Å². The number of anilines is 1. The lowest BCUT2D eigenvalue weighted by Crippen LogP contribution is -2.51. The molecular formula is C25H27N7O2. The van der Waals surface area contributed by atoms with Crippen molar-refractivity contribution in [3.05, 3.63) is 76.5 Å². The summed E-state index contributed by atoms with van der Waals surface area (Å²) in [4.78, 5) is 35.2. The Kier molecular flexibility index (Phi) is 5.61. The van der Waals surface area contributed by atoms with Crippen LogP contribution in [0.5, 0.6) is 0 Å². The van der Waals surface area contributed by atoms with E-state index in [0.29, 0.717) is 42.8 Å². The van der Waals surface area contributed by atoms with Gasteiger partial charge in [0, 0.05) is 32.4 Å². The molecule has 1 aromatic carbocycles. The number of para-hydroxylation sites is 1. The quantitative estimate of drug-likeness (QED) is 0.468. The summed E-state index contributed by atoms with van der Waals surface area (Å²) in [7, 11) is 0. The number of hydrogen-bond acceptors (Lipinski definition) is 6. The first-order chi connectivity index (χ1) is 16.5. The molecule has 0 spiro atoms. The third-order valence-corrected chi connectivity index (χ3v) is 6.43. The second-order valence-corrected chi connectivity index (χ2v) is 8.57. The van der Waals surface area contributed by atoms with Crippen molar-refractivity contribution in [2.75, 3.05) is 31.1 Å². The topological polar surface area (TPSA) is 89.2 Å². The number of rotatable bonds is 4. The number of nitrogens with zero attached hydrogens (tertiary/aromatic N) is 7. The third-order valence-electron chi connectivity index (χ3n) is 6.43. The average molecular weight is 458 g/mol. The molecule has 0 saturated carbocycles. The van der Waals surface area contributed by atoms with E-state index in [1.807, 2.05) is 62.4 Å². The molecule has 1 aliphatic rings. The second-order valence-electron chi connectivity index (χ2n) is 8.57. The van der Waals surface area contributed by atoms with Crippen molar-refractivity contribution >= 4 is 22.6 Å². The minimum absolute atomic E-state index is 0.109. The summed E-state index contributed by atoms with van der Waals surface area (Å²) in [6.45, 7) is 7.96. The Morgan fingerprint density at radius 3 is 2.32 bits per heavy atom. The zero-order chi connectivity index (χ0) is 23.8. The second kappa shape index (κ2) is 8.74. The molecule has 0 bridgehead atoms. The van der Waals surface area contributed by atoms with Crippen LogP contribution in [0.3, 0.4) is 0 Å². The van der Waals surface area contributed by atoms with Gasteiger partial charge in [0.25, 0.3) is 5.56 Å². The lowest BCUT2D eigenvalue weighted by atomic mass is 10.2. The lowest BCUT2D eigenvalue weighted by molar-refractivity contribution is -0.135. The highest BCUT2D eigenvalue weighted by molar-refractivity contribution is 5.84. The average Bonchev–Trinajstić information content (AvgIpc) is 3.24. The summed E-state index contributed by atoms with van der Waals surface area (Å²) >= 11 is 0. The summed E-state index contributed by atoms with van der Waals surface area (Å²) in [5.74, 6) is 0.801. The maximum atomic E-state index is 13.5. The monoisotopic (exact) mass is 457 g/mol. The highest BCUT2D eigenvalue weighted by Gasteiger charge is 2.29. The van der Waals surface area contributed by atoms with Gasteiger partial charge in [0.05, 0.1) is 22.5 Å². The van der Waals surface area contributed by atoms with Gasteiger partial charge in [-0.1, -0.05) is 24.3 Å². The van der Waals surface area contributed by atoms with Gasteiger partial charge < -0.3 is 9.80 Å². The van der Waals surface area contributed by atoms with Crippen LogP contribution in [0.1, 0.15) is 24.4 Å². The molecule has 9 heteroatoms. The van der Waals surface area contributed by atoms with Crippen LogP contribution in [0.4, 0.5) is 5.82 Å². The predicted octanol–water partition coefficient (Wildman–Crippen LogP) is 2.50. The number of amides is 1. The molecule has 0 radical (unpaired) electrons. The van der Waals surface area contributed by atoms with Crippen LogP contribution in [0.15, 0.2) is 59.5 Å². The summed E-state index contributed by atoms with van der Waals surface area (Å²) in [6, 6.07) is 14.8. The van der Waals surface area contributed by atoms with E-state index in [2.05, 4.69) is 20.1 Å². The van der Waals surface area contributed by atoms with Crippen molar-refractivity contribution in [2.24, 2.45) is 0 Å². The first-order valence-electron chi connectivity index (χ1n) is 11.4. The number of pyridine rings is 1. The van der Waals surface area contributed by atoms with Crippen molar-refractivity contribution in [1.29, 1.82) is 0 Å². The summed E-state index contributed by atoms with van der Waals surface area (Å²) in [6.07, 6.45) is 1.77. The molecule has 174 valence electrons. The van der Waals surface area contributed by atoms with Crippen molar-refractivity contribution in [1.82, 2.24) is 29.4 Å². The van der Waals surface area contributed by atoms with Gasteiger partial charge in [0.1, 0.15) is 17.4 Å². The Balaban J connectivity index is 1.42. The van der Waals surface area contributed by atoms with E-state index in [0.717, 1.165) is 17.2 Å². The van der Waals surface area contributed by atoms with Gasteiger partial charge in [0.2, 0.25) is 5.91 Å². The number of carbonyl (C=O) groups is 1. The Morgan fingerprint density at radius 1 is 0.941 bits per heavy atom. The van der Waals surface area contributed by atoms with E-state index in [-0.39, 0.29) is 11.5 Å². The SMILES string of the molecule is Cc1nn(C(C)C(=O)N2CCN(c3ccccn3)CC2)c(=O)c2c(C)n(-c3ccccc3)nc12. The zero-order valence-electron chi connectivity index (χ0n) is 19.5. The van der Waals surface area contributed by atoms with Crippen molar-refractivity contribution < 1.29 is 4.79 Å². The lowest BCUT2D eigenvalue weighted by Gasteiger charge is -2.36. The Labute approximate surface area is 197 Å². The number of hydrogen-bond donors (Lipinski definition) is 0. The van der Waals surface area contributed by atoms with Gasteiger partial charge in [-0.3, -0.25) is 9.59 Å². The van der Waals surface area contributed by atoms with Crippen LogP contribution >= 0.6 is 0 Å². The van der Waals surface area contributed by atoms with Gasteiger partial charge in [-0.2, -0.15) is 10.2 Å². The van der Waals surface area contributed by atoms with Gasteiger partial charge in [-0.25, -0.2) is 14.3 Å². The highest BCUT2D eigenvalue weighted by Crippen LogP contribution is 2.21. The first-order valence-corrected chi connectivity index (χ1v) is 11.4. The standard InChI is InChI=1S/C25H27N7O2/c1-17-23-22(18(2)31(28-23)20-9-5-4-6-10-20)25(34)32(27-17)19(3)24(33)30-15-13-29(14-16-30)21-11-7-8-12-26-21/h4-12,19H,13-16H2,1-3H3. The van der Waals surface area contributed by atoms with E-state index in [9.17, 15) is 9.59 Å². The molecule has 1 unspecified atom stereocenters. The maximum Gasteiger partial charge on any atom is 0.278 e. The van der Waals surface area contributed by atoms with E-state index >= 15 is 0 Å². The van der Waals surface area contributed by atoms with E-state index in [4.69, 9.17) is 0 Å². The van der Waals surface area contributed by atoms with Crippen molar-refractivity contribution in [3.63, 3.8) is 0 Å². The number of carbonyl (C=O) groups excluding carboxylic acids is 1. The Hall–Kier alpha value is -4.01. The first kappa shape index (κ1) is 21.8. The molecule has 4 aromatic rings. The van der Waals surface area contributed by atoms with Gasteiger partial charge in [-0.05, 0) is 45.0 Å². The number of benzene rings is 1. The van der Waals surface area contributed by atoms with Gasteiger partial charge >= 0.3 is 0 Å². The largest absolute Gasteiger partial charge is 0.353 e. The van der Waals surface area contributed by atoms with Gasteiger partial charge in [-0.15, -0.1) is 0 Å². The minimum atomic E-state index is -0.712. The maximum absolute atomic E-state index is 13.5. The Bertz CT molecular complexity index is 1390. The number of aromatic nitrogens is 5. The third kappa shape index (κ3) is 3.72. The molecule has 1 atom stereocenters. The van der Waals surface area contributed by atoms with Crippen LogP contribution in [0.25, 0.3) is 16.6 Å². The zero-order valence-corrected chi connectivity index (χ0v) is 19.5. The molecule has 3 aromatic heterocycles. The van der Waals surface area contributed by atoms with Crippen LogP contribution in [-0.2, 0) is 4.79 Å². The van der Waals surface area contributed by atoms with E-state index in [1.54, 1.807) is 22.7 Å². The minimum Gasteiger partial charge on any atom is -0.353 e. The van der Waals surface area contributed by atoms with Crippen LogP contribution in [-0.4, -0.2) is 61.5 Å². The molecule has 34 heavy (non-hydrogen) atoms. The number of piperazine rings is 1. The molecule has 0 N–H and O–H groups in total. The molecule has 1 fully saturated rings. The van der Waals surface area contributed by atoms with Crippen molar-refractivity contribution in [2.45, 2.75) is 26.8 Å². The number of fused-ring (bicyclic) bond motifs is 1. The molecule has 0 aliphatic carbocycles. The molecule has 5 rings (SSSR count). The number of aryl methyl sites for hydroxylation is 2. The van der Waals surface area contributed by atoms with E-state index in [1.165, 1.54) is 4.68 Å². The van der Waals surface area contributed by atoms with Gasteiger partial charge in [0.15, 0.2) is 0 Å². The van der Waals surface area contributed by atoms with E-state index < -0.39 is 6.04 Å². The Morgan fingerprint density at radius 2 is 1.65 bits per heavy atom. The predicted molar refractivity (Wildman–Crippen MR) is 130 cm³/mol. The smallest absolute Gasteiger partial charge is 0.278 e. The fraction of sp³-hybridized carbons (Fsp3) is 0.320. The fourth-order valence-corrected chi connectivity index (χ4v) is 4.53. The van der Waals surface area contributed by atoms with Crippen molar-refractivity contribution in [3.8, 4) is 5.69 Å². The summed E-state index contributed by atoms with van der Waals surface area (Å²) < 4.78 is 3.07. The normalized spacial score (nSPS) is 15.0. The summed E-state index contributed by atoms with van der Waals surface area (Å²) in [5.41, 5.74) is 2.48. The summed E-state index contributed by atoms with van der Waals surface area (Å²) in [5, 5.41) is 9.63. The molecular weight excluding hydrogens is 430 g/mol. The van der Waals surface area contributed by atoms with Crippen LogP contribution in [0.2, 0.25) is 0 Å². The highest BCUT2D eigenvalue weighted by atomic mass is 16.2. The molecule has 1 aliphatic heterocycles. The van der Waals surface area contributed by atoms with Crippen LogP contribution < -0.4 is 10.5 Å². The fourth-order valence-electron chi connectivity index (χ4n) is 4.53. The molecule has 1 amide bonds. The molecule has 1 saturated heterocycles. The molecule has 9 nitrogen and oxygen atoms in total. The molecule has 4 heterocycles.